The van der Waals surface area contributed by atoms with Crippen LogP contribution in [0.25, 0.3) is 0 Å². The van der Waals surface area contributed by atoms with Gasteiger partial charge in [-0.15, -0.1) is 0 Å². The molecular formula is C18H23N5O3. The fourth-order valence-electron chi connectivity index (χ4n) is 3.16. The molecule has 0 radical (unpaired) electrons. The highest BCUT2D eigenvalue weighted by Gasteiger charge is 2.34. The van der Waals surface area contributed by atoms with E-state index in [-0.39, 0.29) is 11.8 Å². The van der Waals surface area contributed by atoms with E-state index >= 15 is 0 Å². The summed E-state index contributed by atoms with van der Waals surface area (Å²) in [6.45, 7) is 5.09. The average molecular weight is 357 g/mol. The van der Waals surface area contributed by atoms with Gasteiger partial charge < -0.3 is 14.3 Å². The lowest BCUT2D eigenvalue weighted by Gasteiger charge is -2.29. The number of carbonyl (C=O) groups excluding carboxylic acids is 2. The van der Waals surface area contributed by atoms with Crippen LogP contribution in [0.2, 0.25) is 0 Å². The SMILES string of the molecule is CCC(=O)N1CCCN(C(=O)Cc2ccncc2)CC1c1nc(C)no1. The molecule has 0 aliphatic carbocycles. The summed E-state index contributed by atoms with van der Waals surface area (Å²) in [6.07, 6.45) is 4.78. The minimum atomic E-state index is -0.410. The maximum atomic E-state index is 12.8. The standard InChI is InChI=1S/C18H23N5O3/c1-3-16(24)23-10-4-9-22(12-15(23)18-20-13(2)21-26-18)17(25)11-14-5-7-19-8-6-14/h5-8,15H,3-4,9-12H2,1-2H3. The van der Waals surface area contributed by atoms with Crippen molar-refractivity contribution in [3.05, 3.63) is 41.8 Å². The third-order valence-corrected chi connectivity index (χ3v) is 4.51. The maximum Gasteiger partial charge on any atom is 0.251 e. The Kier molecular flexibility index (Phi) is 5.60. The Bertz CT molecular complexity index is 761. The van der Waals surface area contributed by atoms with E-state index in [0.717, 1.165) is 12.0 Å². The maximum absolute atomic E-state index is 12.8. The first-order chi connectivity index (χ1) is 12.6. The second-order valence-corrected chi connectivity index (χ2v) is 6.36. The Labute approximate surface area is 152 Å². The molecule has 3 heterocycles. The number of amides is 2. The summed E-state index contributed by atoms with van der Waals surface area (Å²) in [5.74, 6) is 0.938. The van der Waals surface area contributed by atoms with Crippen LogP contribution < -0.4 is 0 Å². The number of aromatic nitrogens is 3. The Balaban J connectivity index is 1.80. The quantitative estimate of drug-likeness (QED) is 0.824. The number of hydrogen-bond acceptors (Lipinski definition) is 6. The molecular weight excluding hydrogens is 334 g/mol. The molecule has 1 atom stereocenters. The Morgan fingerprint density at radius 3 is 2.65 bits per heavy atom. The Morgan fingerprint density at radius 2 is 2.00 bits per heavy atom. The van der Waals surface area contributed by atoms with E-state index in [2.05, 4.69) is 15.1 Å². The number of rotatable bonds is 4. The number of hydrogen-bond donors (Lipinski definition) is 0. The van der Waals surface area contributed by atoms with Crippen LogP contribution in [0.15, 0.2) is 29.0 Å². The van der Waals surface area contributed by atoms with Gasteiger partial charge in [-0.2, -0.15) is 4.98 Å². The topological polar surface area (TPSA) is 92.4 Å². The summed E-state index contributed by atoms with van der Waals surface area (Å²) < 4.78 is 5.33. The lowest BCUT2D eigenvalue weighted by Crippen LogP contribution is -2.40. The van der Waals surface area contributed by atoms with Crippen molar-refractivity contribution in [2.75, 3.05) is 19.6 Å². The van der Waals surface area contributed by atoms with Crippen LogP contribution in [-0.4, -0.2) is 56.4 Å². The van der Waals surface area contributed by atoms with E-state index in [4.69, 9.17) is 4.52 Å². The van der Waals surface area contributed by atoms with Crippen molar-refractivity contribution < 1.29 is 14.1 Å². The predicted octanol–water partition coefficient (Wildman–Crippen LogP) is 1.53. The third kappa shape index (κ3) is 4.07. The van der Waals surface area contributed by atoms with Gasteiger partial charge in [0.2, 0.25) is 11.8 Å². The summed E-state index contributed by atoms with van der Waals surface area (Å²) in [6, 6.07) is 3.26. The molecule has 2 amide bonds. The zero-order valence-electron chi connectivity index (χ0n) is 15.1. The van der Waals surface area contributed by atoms with E-state index < -0.39 is 6.04 Å². The van der Waals surface area contributed by atoms with Crippen LogP contribution in [0, 0.1) is 6.92 Å². The van der Waals surface area contributed by atoms with Gasteiger partial charge in [0.05, 0.1) is 13.0 Å². The molecule has 1 aliphatic heterocycles. The molecule has 1 unspecified atom stereocenters. The van der Waals surface area contributed by atoms with E-state index in [9.17, 15) is 9.59 Å². The molecule has 1 fully saturated rings. The summed E-state index contributed by atoms with van der Waals surface area (Å²) in [4.78, 5) is 37.0. The fraction of sp³-hybridized carbons (Fsp3) is 0.500. The fourth-order valence-corrected chi connectivity index (χ4v) is 3.16. The van der Waals surface area contributed by atoms with Gasteiger partial charge in [0.1, 0.15) is 6.04 Å². The smallest absolute Gasteiger partial charge is 0.251 e. The Hall–Kier alpha value is -2.77. The van der Waals surface area contributed by atoms with Crippen LogP contribution in [0.5, 0.6) is 0 Å². The van der Waals surface area contributed by atoms with E-state index in [1.807, 2.05) is 19.1 Å². The molecule has 3 rings (SSSR count). The first-order valence-electron chi connectivity index (χ1n) is 8.84. The molecule has 0 aromatic carbocycles. The van der Waals surface area contributed by atoms with Crippen molar-refractivity contribution in [3.8, 4) is 0 Å². The van der Waals surface area contributed by atoms with Crippen LogP contribution in [0.1, 0.15) is 43.1 Å². The molecule has 2 aromatic heterocycles. The van der Waals surface area contributed by atoms with Crippen LogP contribution in [0.4, 0.5) is 0 Å². The monoisotopic (exact) mass is 357 g/mol. The molecule has 0 N–H and O–H groups in total. The van der Waals surface area contributed by atoms with E-state index in [0.29, 0.717) is 44.2 Å². The predicted molar refractivity (Wildman–Crippen MR) is 92.9 cm³/mol. The van der Waals surface area contributed by atoms with Crippen molar-refractivity contribution in [1.82, 2.24) is 24.9 Å². The molecule has 1 saturated heterocycles. The zero-order valence-corrected chi connectivity index (χ0v) is 15.1. The Morgan fingerprint density at radius 1 is 1.23 bits per heavy atom. The van der Waals surface area contributed by atoms with Gasteiger partial charge in [-0.1, -0.05) is 12.1 Å². The number of aryl methyl sites for hydroxylation is 1. The number of nitrogens with zero attached hydrogens (tertiary/aromatic N) is 5. The van der Waals surface area contributed by atoms with Gasteiger partial charge in [0.15, 0.2) is 5.82 Å². The summed E-state index contributed by atoms with van der Waals surface area (Å²) in [5.41, 5.74) is 0.918. The van der Waals surface area contributed by atoms with Gasteiger partial charge in [-0.3, -0.25) is 14.6 Å². The molecule has 0 bridgehead atoms. The molecule has 138 valence electrons. The summed E-state index contributed by atoms with van der Waals surface area (Å²) in [7, 11) is 0. The van der Waals surface area contributed by atoms with Crippen molar-refractivity contribution in [1.29, 1.82) is 0 Å². The van der Waals surface area contributed by atoms with Crippen LogP contribution in [0.3, 0.4) is 0 Å². The summed E-state index contributed by atoms with van der Waals surface area (Å²) in [5, 5.41) is 3.85. The molecule has 8 heteroatoms. The molecule has 0 saturated carbocycles. The minimum absolute atomic E-state index is 0.0169. The average Bonchev–Trinajstić information content (AvgIpc) is 2.95. The molecule has 0 spiro atoms. The normalized spacial score (nSPS) is 17.8. The second-order valence-electron chi connectivity index (χ2n) is 6.36. The van der Waals surface area contributed by atoms with Gasteiger partial charge in [-0.25, -0.2) is 0 Å². The molecule has 1 aliphatic rings. The molecule has 26 heavy (non-hydrogen) atoms. The van der Waals surface area contributed by atoms with E-state index in [1.165, 1.54) is 0 Å². The molecule has 8 nitrogen and oxygen atoms in total. The summed E-state index contributed by atoms with van der Waals surface area (Å²) >= 11 is 0. The lowest BCUT2D eigenvalue weighted by molar-refractivity contribution is -0.136. The highest BCUT2D eigenvalue weighted by molar-refractivity contribution is 5.79. The number of carbonyl (C=O) groups is 2. The van der Waals surface area contributed by atoms with Crippen molar-refractivity contribution in [2.24, 2.45) is 0 Å². The minimum Gasteiger partial charge on any atom is -0.340 e. The zero-order chi connectivity index (χ0) is 18.5. The highest BCUT2D eigenvalue weighted by atomic mass is 16.5. The van der Waals surface area contributed by atoms with Crippen molar-refractivity contribution >= 4 is 11.8 Å². The largest absolute Gasteiger partial charge is 0.340 e. The van der Waals surface area contributed by atoms with Gasteiger partial charge >= 0.3 is 0 Å². The highest BCUT2D eigenvalue weighted by Crippen LogP contribution is 2.25. The van der Waals surface area contributed by atoms with Crippen LogP contribution in [-0.2, 0) is 16.0 Å². The van der Waals surface area contributed by atoms with Gasteiger partial charge in [0, 0.05) is 31.9 Å². The first kappa shape index (κ1) is 18.0. The lowest BCUT2D eigenvalue weighted by atomic mass is 10.1. The van der Waals surface area contributed by atoms with E-state index in [1.54, 1.807) is 29.1 Å². The number of pyridine rings is 1. The van der Waals surface area contributed by atoms with Crippen molar-refractivity contribution in [2.45, 2.75) is 39.2 Å². The van der Waals surface area contributed by atoms with Crippen molar-refractivity contribution in [3.63, 3.8) is 0 Å². The first-order valence-corrected chi connectivity index (χ1v) is 8.84. The van der Waals surface area contributed by atoms with Crippen LogP contribution >= 0.6 is 0 Å². The molecule has 2 aromatic rings. The second kappa shape index (κ2) is 8.07. The van der Waals surface area contributed by atoms with Gasteiger partial charge in [-0.05, 0) is 31.0 Å². The van der Waals surface area contributed by atoms with Gasteiger partial charge in [0.25, 0.3) is 5.89 Å². The third-order valence-electron chi connectivity index (χ3n) is 4.51.